The molecule has 20 heavy (non-hydrogen) atoms. The second-order valence-electron chi connectivity index (χ2n) is 4.26. The molecular weight excluding hydrogens is 256 g/mol. The second-order valence-corrected chi connectivity index (χ2v) is 4.26. The van der Waals surface area contributed by atoms with Gasteiger partial charge in [-0.25, -0.2) is 0 Å². The van der Waals surface area contributed by atoms with Crippen molar-refractivity contribution in [1.82, 2.24) is 0 Å². The van der Waals surface area contributed by atoms with E-state index in [9.17, 15) is 10.1 Å². The molecule has 0 bridgehead atoms. The monoisotopic (exact) mass is 270 g/mol. The van der Waals surface area contributed by atoms with Crippen molar-refractivity contribution in [2.75, 3.05) is 7.11 Å². The Labute approximate surface area is 116 Å². The lowest BCUT2D eigenvalue weighted by atomic mass is 10.1. The highest BCUT2D eigenvalue weighted by Gasteiger charge is 2.09. The van der Waals surface area contributed by atoms with E-state index in [1.807, 2.05) is 24.3 Å². The number of rotatable bonds is 4. The Balaban J connectivity index is 2.18. The minimum absolute atomic E-state index is 0.117. The van der Waals surface area contributed by atoms with Crippen molar-refractivity contribution in [3.05, 3.63) is 63.7 Å². The highest BCUT2D eigenvalue weighted by Crippen LogP contribution is 2.20. The number of nitro groups is 1. The van der Waals surface area contributed by atoms with Crippen molar-refractivity contribution in [2.45, 2.75) is 6.92 Å². The first kappa shape index (κ1) is 13.7. The molecule has 2 aromatic carbocycles. The molecule has 0 amide bonds. The van der Waals surface area contributed by atoms with Crippen LogP contribution < -0.4 is 4.74 Å². The average molecular weight is 270 g/mol. The first-order valence-electron chi connectivity index (χ1n) is 6.03. The van der Waals surface area contributed by atoms with Gasteiger partial charge in [0.1, 0.15) is 5.75 Å². The van der Waals surface area contributed by atoms with E-state index in [2.05, 4.69) is 4.99 Å². The Bertz CT molecular complexity index is 649. The molecule has 0 spiro atoms. The second kappa shape index (κ2) is 5.97. The molecule has 0 aliphatic rings. The van der Waals surface area contributed by atoms with Crippen LogP contribution in [-0.4, -0.2) is 18.2 Å². The van der Waals surface area contributed by atoms with E-state index < -0.39 is 0 Å². The normalized spacial score (nSPS) is 10.7. The van der Waals surface area contributed by atoms with Crippen molar-refractivity contribution in [3.8, 4) is 5.75 Å². The molecule has 102 valence electrons. The van der Waals surface area contributed by atoms with Gasteiger partial charge in [-0.05, 0) is 48.9 Å². The number of methoxy groups -OCH3 is 1. The fraction of sp³-hybridized carbons (Fsp3) is 0.133. The molecule has 0 aromatic heterocycles. The summed E-state index contributed by atoms with van der Waals surface area (Å²) in [6.45, 7) is 1.71. The van der Waals surface area contributed by atoms with Crippen LogP contribution in [0.25, 0.3) is 0 Å². The number of ether oxygens (including phenoxy) is 1. The molecule has 5 heteroatoms. The maximum Gasteiger partial charge on any atom is 0.272 e. The van der Waals surface area contributed by atoms with E-state index >= 15 is 0 Å². The van der Waals surface area contributed by atoms with Gasteiger partial charge in [-0.3, -0.25) is 15.1 Å². The Morgan fingerprint density at radius 2 is 1.90 bits per heavy atom. The van der Waals surface area contributed by atoms with Crippen molar-refractivity contribution >= 4 is 17.6 Å². The molecule has 0 N–H and O–H groups in total. The summed E-state index contributed by atoms with van der Waals surface area (Å²) < 4.78 is 5.07. The third-order valence-corrected chi connectivity index (χ3v) is 2.85. The summed E-state index contributed by atoms with van der Waals surface area (Å²) in [7, 11) is 1.61. The molecule has 0 aliphatic heterocycles. The van der Waals surface area contributed by atoms with Crippen LogP contribution in [0.5, 0.6) is 5.75 Å². The third-order valence-electron chi connectivity index (χ3n) is 2.85. The number of hydrogen-bond acceptors (Lipinski definition) is 4. The summed E-state index contributed by atoms with van der Waals surface area (Å²) in [6.07, 6.45) is 1.68. The molecule has 0 aliphatic carbocycles. The fourth-order valence-electron chi connectivity index (χ4n) is 1.78. The van der Waals surface area contributed by atoms with Crippen molar-refractivity contribution in [1.29, 1.82) is 0 Å². The summed E-state index contributed by atoms with van der Waals surface area (Å²) in [5, 5.41) is 10.7. The molecule has 2 aromatic rings. The SMILES string of the molecule is COc1ccc(N=Cc2ccc([N+](=O)[O-])c(C)c2)cc1. The maximum atomic E-state index is 10.7. The molecule has 5 nitrogen and oxygen atoms in total. The Hall–Kier alpha value is -2.69. The molecule has 0 heterocycles. The van der Waals surface area contributed by atoms with Crippen LogP contribution in [-0.2, 0) is 0 Å². The van der Waals surface area contributed by atoms with E-state index in [0.29, 0.717) is 5.56 Å². The highest BCUT2D eigenvalue weighted by molar-refractivity contribution is 5.82. The zero-order chi connectivity index (χ0) is 14.5. The first-order chi connectivity index (χ1) is 9.60. The Morgan fingerprint density at radius 1 is 1.20 bits per heavy atom. The zero-order valence-electron chi connectivity index (χ0n) is 11.2. The van der Waals surface area contributed by atoms with E-state index in [1.54, 1.807) is 32.4 Å². The van der Waals surface area contributed by atoms with Crippen molar-refractivity contribution in [2.24, 2.45) is 4.99 Å². The minimum atomic E-state index is -0.389. The van der Waals surface area contributed by atoms with Crippen molar-refractivity contribution in [3.63, 3.8) is 0 Å². The summed E-state index contributed by atoms with van der Waals surface area (Å²) in [6, 6.07) is 12.2. The van der Waals surface area contributed by atoms with Gasteiger partial charge in [0.15, 0.2) is 0 Å². The molecule has 0 fully saturated rings. The summed E-state index contributed by atoms with van der Waals surface area (Å²) in [5.74, 6) is 0.773. The molecule has 0 saturated heterocycles. The van der Waals surface area contributed by atoms with Crippen LogP contribution in [0.3, 0.4) is 0 Å². The molecular formula is C15H14N2O3. The van der Waals surface area contributed by atoms with Crippen LogP contribution in [0.15, 0.2) is 47.5 Å². The molecule has 0 unspecified atom stereocenters. The minimum Gasteiger partial charge on any atom is -0.497 e. The van der Waals surface area contributed by atoms with Gasteiger partial charge >= 0.3 is 0 Å². The van der Waals surface area contributed by atoms with Gasteiger partial charge in [0.2, 0.25) is 0 Å². The molecule has 0 saturated carbocycles. The third kappa shape index (κ3) is 3.20. The molecule has 0 radical (unpaired) electrons. The quantitative estimate of drug-likeness (QED) is 0.483. The largest absolute Gasteiger partial charge is 0.497 e. The topological polar surface area (TPSA) is 64.7 Å². The van der Waals surface area contributed by atoms with E-state index in [0.717, 1.165) is 17.0 Å². The molecule has 0 atom stereocenters. The lowest BCUT2D eigenvalue weighted by Crippen LogP contribution is -1.92. The average Bonchev–Trinajstić information content (AvgIpc) is 2.45. The van der Waals surface area contributed by atoms with Gasteiger partial charge in [-0.15, -0.1) is 0 Å². The van der Waals surface area contributed by atoms with Gasteiger partial charge in [0.25, 0.3) is 5.69 Å². The predicted molar refractivity (Wildman–Crippen MR) is 78.1 cm³/mol. The zero-order valence-corrected chi connectivity index (χ0v) is 11.2. The fourth-order valence-corrected chi connectivity index (χ4v) is 1.78. The van der Waals surface area contributed by atoms with Crippen LogP contribution in [0, 0.1) is 17.0 Å². The molecule has 2 rings (SSSR count). The van der Waals surface area contributed by atoms with E-state index in [1.165, 1.54) is 6.07 Å². The van der Waals surface area contributed by atoms with Gasteiger partial charge in [-0.1, -0.05) is 0 Å². The first-order valence-corrected chi connectivity index (χ1v) is 6.03. The van der Waals surface area contributed by atoms with Gasteiger partial charge in [0, 0.05) is 17.8 Å². The number of aryl methyl sites for hydroxylation is 1. The standard InChI is InChI=1S/C15H14N2O3/c1-11-9-12(3-8-15(11)17(18)19)10-16-13-4-6-14(20-2)7-5-13/h3-10H,1-2H3. The Kier molecular flexibility index (Phi) is 4.10. The van der Waals surface area contributed by atoms with Crippen LogP contribution in [0.4, 0.5) is 11.4 Å². The summed E-state index contributed by atoms with van der Waals surface area (Å²) >= 11 is 0. The summed E-state index contributed by atoms with van der Waals surface area (Å²) in [5.41, 5.74) is 2.35. The predicted octanol–water partition coefficient (Wildman–Crippen LogP) is 3.66. The van der Waals surface area contributed by atoms with E-state index in [-0.39, 0.29) is 10.6 Å². The number of aliphatic imine (C=N–C) groups is 1. The number of nitrogens with zero attached hydrogens (tertiary/aromatic N) is 2. The summed E-state index contributed by atoms with van der Waals surface area (Å²) in [4.78, 5) is 14.7. The van der Waals surface area contributed by atoms with Crippen LogP contribution in [0.2, 0.25) is 0 Å². The van der Waals surface area contributed by atoms with Gasteiger partial charge < -0.3 is 4.74 Å². The van der Waals surface area contributed by atoms with Crippen molar-refractivity contribution < 1.29 is 9.66 Å². The lowest BCUT2D eigenvalue weighted by Gasteiger charge is -2.00. The maximum absolute atomic E-state index is 10.7. The van der Waals surface area contributed by atoms with Gasteiger partial charge in [0.05, 0.1) is 17.7 Å². The highest BCUT2D eigenvalue weighted by atomic mass is 16.6. The number of nitro benzene ring substituents is 1. The number of benzene rings is 2. The van der Waals surface area contributed by atoms with E-state index in [4.69, 9.17) is 4.74 Å². The number of hydrogen-bond donors (Lipinski definition) is 0. The lowest BCUT2D eigenvalue weighted by molar-refractivity contribution is -0.385. The Morgan fingerprint density at radius 3 is 2.45 bits per heavy atom. The van der Waals surface area contributed by atoms with Gasteiger partial charge in [-0.2, -0.15) is 0 Å². The van der Waals surface area contributed by atoms with Crippen LogP contribution >= 0.6 is 0 Å². The smallest absolute Gasteiger partial charge is 0.272 e. The van der Waals surface area contributed by atoms with Crippen LogP contribution in [0.1, 0.15) is 11.1 Å².